The Morgan fingerprint density at radius 3 is 2.91 bits per heavy atom. The lowest BCUT2D eigenvalue weighted by atomic mass is 10.2. The highest BCUT2D eigenvalue weighted by Gasteiger charge is 2.16. The Morgan fingerprint density at radius 2 is 2.22 bits per heavy atom. The Hall–Kier alpha value is -1.86. The molecule has 2 aromatic heterocycles. The highest BCUT2D eigenvalue weighted by Crippen LogP contribution is 2.28. The molecule has 1 aromatic carbocycles. The molecule has 0 fully saturated rings. The van der Waals surface area contributed by atoms with Gasteiger partial charge in [-0.3, -0.25) is 4.57 Å². The van der Waals surface area contributed by atoms with E-state index in [9.17, 15) is 4.39 Å². The van der Waals surface area contributed by atoms with Gasteiger partial charge in [0.05, 0.1) is 6.26 Å². The van der Waals surface area contributed by atoms with Crippen LogP contribution in [0.15, 0.2) is 63.3 Å². The first-order valence-electron chi connectivity index (χ1n) is 6.83. The molecule has 0 N–H and O–H groups in total. The lowest BCUT2D eigenvalue weighted by Gasteiger charge is -2.07. The quantitative estimate of drug-likeness (QED) is 0.440. The van der Waals surface area contributed by atoms with Crippen molar-refractivity contribution < 1.29 is 8.81 Å². The fraction of sp³-hybridized carbons (Fsp3) is 0.125. The van der Waals surface area contributed by atoms with Crippen LogP contribution in [0.5, 0.6) is 0 Å². The monoisotopic (exact) mass is 393 g/mol. The van der Waals surface area contributed by atoms with E-state index in [2.05, 4.69) is 32.7 Å². The Kier molecular flexibility index (Phi) is 4.97. The van der Waals surface area contributed by atoms with Crippen LogP contribution in [0.25, 0.3) is 11.6 Å². The average Bonchev–Trinajstić information content (AvgIpc) is 3.16. The molecule has 0 saturated carbocycles. The molecule has 0 aliphatic rings. The molecule has 0 unspecified atom stereocenters. The van der Waals surface area contributed by atoms with Gasteiger partial charge < -0.3 is 4.42 Å². The summed E-state index contributed by atoms with van der Waals surface area (Å²) in [6.45, 7) is 4.31. The zero-order chi connectivity index (χ0) is 16.2. The zero-order valence-electron chi connectivity index (χ0n) is 12.1. The molecule has 7 heteroatoms. The molecule has 0 aliphatic carbocycles. The molecule has 0 amide bonds. The normalized spacial score (nSPS) is 10.9. The first-order chi connectivity index (χ1) is 11.2. The second kappa shape index (κ2) is 7.14. The van der Waals surface area contributed by atoms with Gasteiger partial charge in [0.1, 0.15) is 5.82 Å². The van der Waals surface area contributed by atoms with Crippen molar-refractivity contribution in [2.75, 3.05) is 0 Å². The molecule has 0 radical (unpaired) electrons. The van der Waals surface area contributed by atoms with E-state index in [1.54, 1.807) is 24.5 Å². The van der Waals surface area contributed by atoms with Crippen LogP contribution in [0.4, 0.5) is 4.39 Å². The van der Waals surface area contributed by atoms with Crippen molar-refractivity contribution in [3.05, 3.63) is 65.1 Å². The van der Waals surface area contributed by atoms with E-state index in [1.807, 2.05) is 16.7 Å². The van der Waals surface area contributed by atoms with Crippen molar-refractivity contribution in [2.24, 2.45) is 0 Å². The maximum absolute atomic E-state index is 13.9. The molecule has 3 aromatic rings. The van der Waals surface area contributed by atoms with Crippen molar-refractivity contribution in [1.29, 1.82) is 0 Å². The lowest BCUT2D eigenvalue weighted by Crippen LogP contribution is -2.00. The van der Waals surface area contributed by atoms with Crippen LogP contribution in [-0.2, 0) is 12.3 Å². The van der Waals surface area contributed by atoms with Crippen molar-refractivity contribution in [3.63, 3.8) is 0 Å². The minimum Gasteiger partial charge on any atom is -0.461 e. The summed E-state index contributed by atoms with van der Waals surface area (Å²) in [4.78, 5) is 0. The van der Waals surface area contributed by atoms with Gasteiger partial charge in [0, 0.05) is 16.8 Å². The van der Waals surface area contributed by atoms with Crippen LogP contribution in [0.1, 0.15) is 5.56 Å². The van der Waals surface area contributed by atoms with Crippen LogP contribution >= 0.6 is 27.7 Å². The first-order valence-corrected chi connectivity index (χ1v) is 8.61. The van der Waals surface area contributed by atoms with Gasteiger partial charge in [-0.2, -0.15) is 0 Å². The SMILES string of the molecule is C=CCn1c(SCc2ccc(Br)cc2F)nnc1-c1ccco1. The topological polar surface area (TPSA) is 43.9 Å². The standard InChI is InChI=1S/C16H13BrFN3OS/c1-2-7-21-15(14-4-3-8-22-14)19-20-16(21)23-10-11-5-6-12(17)9-13(11)18/h2-6,8-9H,1,7,10H2. The molecule has 0 bridgehead atoms. The highest BCUT2D eigenvalue weighted by molar-refractivity contribution is 9.10. The number of thioether (sulfide) groups is 1. The summed E-state index contributed by atoms with van der Waals surface area (Å²) in [5.41, 5.74) is 0.617. The minimum absolute atomic E-state index is 0.243. The van der Waals surface area contributed by atoms with Gasteiger partial charge in [-0.25, -0.2) is 4.39 Å². The molecule has 0 aliphatic heterocycles. The second-order valence-corrected chi connectivity index (χ2v) is 6.57. The predicted octanol–water partition coefficient (Wildman–Crippen LogP) is 4.92. The number of furan rings is 1. The van der Waals surface area contributed by atoms with Gasteiger partial charge >= 0.3 is 0 Å². The van der Waals surface area contributed by atoms with E-state index in [0.29, 0.717) is 34.6 Å². The molecule has 2 heterocycles. The van der Waals surface area contributed by atoms with Gasteiger partial charge in [-0.1, -0.05) is 39.8 Å². The van der Waals surface area contributed by atoms with E-state index in [-0.39, 0.29) is 5.82 Å². The Bertz CT molecular complexity index is 817. The Labute approximate surface area is 145 Å². The van der Waals surface area contributed by atoms with E-state index in [1.165, 1.54) is 17.8 Å². The number of hydrogen-bond acceptors (Lipinski definition) is 4. The smallest absolute Gasteiger partial charge is 0.200 e. The summed E-state index contributed by atoms with van der Waals surface area (Å²) in [5.74, 6) is 1.50. The molecule has 118 valence electrons. The second-order valence-electron chi connectivity index (χ2n) is 4.71. The minimum atomic E-state index is -0.243. The highest BCUT2D eigenvalue weighted by atomic mass is 79.9. The number of benzene rings is 1. The van der Waals surface area contributed by atoms with E-state index >= 15 is 0 Å². The van der Waals surface area contributed by atoms with E-state index < -0.39 is 0 Å². The third-order valence-electron chi connectivity index (χ3n) is 3.14. The molecule has 0 atom stereocenters. The van der Waals surface area contributed by atoms with Crippen molar-refractivity contribution >= 4 is 27.7 Å². The van der Waals surface area contributed by atoms with Crippen LogP contribution in [0.3, 0.4) is 0 Å². The first kappa shape index (κ1) is 16.0. The molecular weight excluding hydrogens is 381 g/mol. The summed E-state index contributed by atoms with van der Waals surface area (Å²) in [5, 5.41) is 9.06. The van der Waals surface area contributed by atoms with Crippen molar-refractivity contribution in [3.8, 4) is 11.6 Å². The van der Waals surface area contributed by atoms with Crippen LogP contribution < -0.4 is 0 Å². The maximum atomic E-state index is 13.9. The Balaban J connectivity index is 1.84. The van der Waals surface area contributed by atoms with Crippen molar-refractivity contribution in [2.45, 2.75) is 17.5 Å². The van der Waals surface area contributed by atoms with Gasteiger partial charge in [0.15, 0.2) is 10.9 Å². The van der Waals surface area contributed by atoms with E-state index in [0.717, 1.165) is 4.47 Å². The van der Waals surface area contributed by atoms with Crippen LogP contribution in [0, 0.1) is 5.82 Å². The predicted molar refractivity (Wildman–Crippen MR) is 91.6 cm³/mol. The number of aromatic nitrogens is 3. The summed E-state index contributed by atoms with van der Waals surface area (Å²) in [7, 11) is 0. The summed E-state index contributed by atoms with van der Waals surface area (Å²) < 4.78 is 21.9. The zero-order valence-corrected chi connectivity index (χ0v) is 14.5. The molecule has 0 spiro atoms. The molecule has 3 rings (SSSR count). The van der Waals surface area contributed by atoms with Crippen LogP contribution in [-0.4, -0.2) is 14.8 Å². The number of halogens is 2. The number of hydrogen-bond donors (Lipinski definition) is 0. The maximum Gasteiger partial charge on any atom is 0.200 e. The van der Waals surface area contributed by atoms with Crippen molar-refractivity contribution in [1.82, 2.24) is 14.8 Å². The summed E-state index contributed by atoms with van der Waals surface area (Å²) in [6, 6.07) is 8.66. The number of rotatable bonds is 6. The number of allylic oxidation sites excluding steroid dienone is 1. The third kappa shape index (κ3) is 3.56. The third-order valence-corrected chi connectivity index (χ3v) is 4.65. The fourth-order valence-electron chi connectivity index (χ4n) is 2.06. The molecule has 23 heavy (non-hydrogen) atoms. The molecular formula is C16H13BrFN3OS. The summed E-state index contributed by atoms with van der Waals surface area (Å²) >= 11 is 4.68. The van der Waals surface area contributed by atoms with Gasteiger partial charge in [-0.15, -0.1) is 16.8 Å². The lowest BCUT2D eigenvalue weighted by molar-refractivity contribution is 0.569. The average molecular weight is 394 g/mol. The van der Waals surface area contributed by atoms with E-state index in [4.69, 9.17) is 4.42 Å². The number of nitrogens with zero attached hydrogens (tertiary/aromatic N) is 3. The Morgan fingerprint density at radius 1 is 1.35 bits per heavy atom. The van der Waals surface area contributed by atoms with Crippen LogP contribution in [0.2, 0.25) is 0 Å². The molecule has 0 saturated heterocycles. The van der Waals surface area contributed by atoms with Gasteiger partial charge in [0.25, 0.3) is 0 Å². The summed E-state index contributed by atoms with van der Waals surface area (Å²) in [6.07, 6.45) is 3.35. The molecule has 4 nitrogen and oxygen atoms in total. The largest absolute Gasteiger partial charge is 0.461 e. The van der Waals surface area contributed by atoms with Gasteiger partial charge in [-0.05, 0) is 29.8 Å². The fourth-order valence-corrected chi connectivity index (χ4v) is 3.33. The van der Waals surface area contributed by atoms with Gasteiger partial charge in [0.2, 0.25) is 5.82 Å².